The van der Waals surface area contributed by atoms with E-state index in [0.29, 0.717) is 19.5 Å². The summed E-state index contributed by atoms with van der Waals surface area (Å²) in [7, 11) is 0. The summed E-state index contributed by atoms with van der Waals surface area (Å²) in [6.45, 7) is 5.77. The Bertz CT molecular complexity index is 368. The van der Waals surface area contributed by atoms with Crippen molar-refractivity contribution in [3.8, 4) is 0 Å². The van der Waals surface area contributed by atoms with Crippen molar-refractivity contribution in [2.24, 2.45) is 17.6 Å². The summed E-state index contributed by atoms with van der Waals surface area (Å²) >= 11 is 0. The summed E-state index contributed by atoms with van der Waals surface area (Å²) in [5.41, 5.74) is 5.38. The van der Waals surface area contributed by atoms with Crippen LogP contribution in [-0.4, -0.2) is 71.6 Å². The topological polar surface area (TPSA) is 134 Å². The molecular formula is C15H30N2O6. The van der Waals surface area contributed by atoms with Crippen LogP contribution in [0, 0.1) is 11.8 Å². The van der Waals surface area contributed by atoms with E-state index >= 15 is 0 Å². The van der Waals surface area contributed by atoms with Crippen LogP contribution < -0.4 is 11.1 Å². The highest BCUT2D eigenvalue weighted by atomic mass is 16.7. The molecule has 8 heteroatoms. The Morgan fingerprint density at radius 1 is 1.35 bits per heavy atom. The molecule has 8 nitrogen and oxygen atoms in total. The number of nitrogens with one attached hydrogen (secondary N) is 1. The van der Waals surface area contributed by atoms with Crippen molar-refractivity contribution in [3.63, 3.8) is 0 Å². The number of amides is 1. The predicted molar refractivity (Wildman–Crippen MR) is 83.3 cm³/mol. The van der Waals surface area contributed by atoms with Crippen molar-refractivity contribution in [3.05, 3.63) is 0 Å². The molecule has 23 heavy (non-hydrogen) atoms. The second-order valence-electron chi connectivity index (χ2n) is 6.13. The molecule has 1 heterocycles. The molecule has 0 aliphatic carbocycles. The first-order valence-corrected chi connectivity index (χ1v) is 8.09. The van der Waals surface area contributed by atoms with Gasteiger partial charge in [-0.2, -0.15) is 0 Å². The number of ether oxygens (including phenoxy) is 2. The van der Waals surface area contributed by atoms with Gasteiger partial charge in [0.15, 0.2) is 6.29 Å². The molecule has 1 aliphatic rings. The molecule has 1 rings (SSSR count). The van der Waals surface area contributed by atoms with Crippen LogP contribution in [0.15, 0.2) is 0 Å². The fraction of sp³-hybridized carbons (Fsp3) is 0.933. The maximum absolute atomic E-state index is 12.0. The van der Waals surface area contributed by atoms with Gasteiger partial charge in [-0.3, -0.25) is 4.79 Å². The van der Waals surface area contributed by atoms with Crippen LogP contribution in [0.5, 0.6) is 0 Å². The van der Waals surface area contributed by atoms with Crippen LogP contribution in [0.2, 0.25) is 0 Å². The second kappa shape index (κ2) is 9.51. The minimum absolute atomic E-state index is 0.145. The molecule has 0 saturated carbocycles. The summed E-state index contributed by atoms with van der Waals surface area (Å²) in [5.74, 6) is -1.04. The molecule has 6 N–H and O–H groups in total. The van der Waals surface area contributed by atoms with E-state index in [1.807, 2.05) is 0 Å². The van der Waals surface area contributed by atoms with Gasteiger partial charge in [0.25, 0.3) is 0 Å². The van der Waals surface area contributed by atoms with E-state index < -0.39 is 49.1 Å². The van der Waals surface area contributed by atoms with Crippen LogP contribution in [0.3, 0.4) is 0 Å². The minimum atomic E-state index is -1.16. The summed E-state index contributed by atoms with van der Waals surface area (Å²) in [6.07, 6.45) is -3.69. The van der Waals surface area contributed by atoms with E-state index in [1.54, 1.807) is 20.8 Å². The lowest BCUT2D eigenvalue weighted by Crippen LogP contribution is -2.56. The molecular weight excluding hydrogens is 304 g/mol. The molecule has 136 valence electrons. The Hall–Kier alpha value is -0.770. The molecule has 1 fully saturated rings. The zero-order valence-electron chi connectivity index (χ0n) is 14.0. The number of carbonyl (C=O) groups is 1. The molecule has 1 amide bonds. The third-order valence-corrected chi connectivity index (χ3v) is 4.33. The molecule has 0 aromatic heterocycles. The number of aliphatic hydroxyl groups is 3. The Morgan fingerprint density at radius 2 is 2.00 bits per heavy atom. The van der Waals surface area contributed by atoms with Crippen molar-refractivity contribution in [2.75, 3.05) is 19.7 Å². The lowest BCUT2D eigenvalue weighted by Gasteiger charge is -2.42. The number of rotatable bonds is 8. The summed E-state index contributed by atoms with van der Waals surface area (Å²) in [6, 6.07) is 0. The van der Waals surface area contributed by atoms with Crippen molar-refractivity contribution >= 4 is 5.91 Å². The Kier molecular flexibility index (Phi) is 8.38. The lowest BCUT2D eigenvalue weighted by molar-refractivity contribution is -0.294. The third kappa shape index (κ3) is 5.37. The highest BCUT2D eigenvalue weighted by molar-refractivity contribution is 5.78. The van der Waals surface area contributed by atoms with Gasteiger partial charge in [-0.05, 0) is 19.9 Å². The second-order valence-corrected chi connectivity index (χ2v) is 6.13. The molecule has 7 atom stereocenters. The first-order valence-electron chi connectivity index (χ1n) is 8.09. The van der Waals surface area contributed by atoms with Crippen molar-refractivity contribution in [2.45, 2.75) is 57.9 Å². The van der Waals surface area contributed by atoms with Gasteiger partial charge >= 0.3 is 0 Å². The van der Waals surface area contributed by atoms with Gasteiger partial charge in [0.1, 0.15) is 12.2 Å². The van der Waals surface area contributed by atoms with Crippen molar-refractivity contribution in [1.29, 1.82) is 0 Å². The predicted octanol–water partition coefficient (Wildman–Crippen LogP) is -1.43. The van der Waals surface area contributed by atoms with E-state index in [1.165, 1.54) is 0 Å². The maximum Gasteiger partial charge on any atom is 0.225 e. The van der Waals surface area contributed by atoms with Gasteiger partial charge in [0, 0.05) is 12.5 Å². The lowest BCUT2D eigenvalue weighted by atomic mass is 9.92. The molecule has 0 spiro atoms. The summed E-state index contributed by atoms with van der Waals surface area (Å²) in [5, 5.41) is 31.8. The molecule has 4 unspecified atom stereocenters. The number of nitrogens with two attached hydrogens (primary N) is 1. The monoisotopic (exact) mass is 334 g/mol. The zero-order chi connectivity index (χ0) is 17.6. The van der Waals surface area contributed by atoms with E-state index in [-0.39, 0.29) is 5.91 Å². The maximum atomic E-state index is 12.0. The van der Waals surface area contributed by atoms with Crippen LogP contribution in [0.25, 0.3) is 0 Å². The average molecular weight is 334 g/mol. The Labute approximate surface area is 137 Å². The van der Waals surface area contributed by atoms with Crippen LogP contribution in [0.1, 0.15) is 27.2 Å². The quantitative estimate of drug-likeness (QED) is 0.343. The number of carbonyl (C=O) groups excluding carboxylic acids is 1. The fourth-order valence-electron chi connectivity index (χ4n) is 2.39. The summed E-state index contributed by atoms with van der Waals surface area (Å²) < 4.78 is 11.3. The average Bonchev–Trinajstić information content (AvgIpc) is 2.54. The zero-order valence-corrected chi connectivity index (χ0v) is 14.0. The van der Waals surface area contributed by atoms with Crippen LogP contribution >= 0.6 is 0 Å². The van der Waals surface area contributed by atoms with Gasteiger partial charge in [-0.25, -0.2) is 0 Å². The Morgan fingerprint density at radius 3 is 2.57 bits per heavy atom. The number of hydrogen-bond acceptors (Lipinski definition) is 7. The molecule has 0 bridgehead atoms. The highest BCUT2D eigenvalue weighted by Crippen LogP contribution is 2.28. The largest absolute Gasteiger partial charge is 0.394 e. The molecule has 0 aromatic rings. The smallest absolute Gasteiger partial charge is 0.225 e. The van der Waals surface area contributed by atoms with Crippen molar-refractivity contribution in [1.82, 2.24) is 5.32 Å². The van der Waals surface area contributed by atoms with Gasteiger partial charge in [0.2, 0.25) is 5.91 Å². The first-order chi connectivity index (χ1) is 10.8. The van der Waals surface area contributed by atoms with E-state index in [2.05, 4.69) is 5.32 Å². The normalized spacial score (nSPS) is 34.0. The van der Waals surface area contributed by atoms with Crippen molar-refractivity contribution < 1.29 is 29.6 Å². The Balaban J connectivity index is 2.57. The third-order valence-electron chi connectivity index (χ3n) is 4.33. The summed E-state index contributed by atoms with van der Waals surface area (Å²) in [4.78, 5) is 12.0. The van der Waals surface area contributed by atoms with Crippen LogP contribution in [0.4, 0.5) is 0 Å². The highest BCUT2D eigenvalue weighted by Gasteiger charge is 2.43. The molecule has 1 saturated heterocycles. The number of hydrogen-bond donors (Lipinski definition) is 5. The first kappa shape index (κ1) is 20.3. The number of aliphatic hydroxyl groups excluding tert-OH is 3. The SMILES string of the molecule is CC(O[C@H]1OC(CO)[C@H](O)[C@H](O)C1C)C(C)C(=O)NCCCN. The molecule has 1 aliphatic heterocycles. The van der Waals surface area contributed by atoms with E-state index in [4.69, 9.17) is 15.2 Å². The van der Waals surface area contributed by atoms with Gasteiger partial charge in [-0.15, -0.1) is 0 Å². The minimum Gasteiger partial charge on any atom is -0.394 e. The molecule has 0 aromatic carbocycles. The van der Waals surface area contributed by atoms with Gasteiger partial charge in [-0.1, -0.05) is 13.8 Å². The fourth-order valence-corrected chi connectivity index (χ4v) is 2.39. The standard InChI is InChI=1S/C15H30N2O6/c1-8(14(21)17-6-4-5-16)10(3)22-15-9(2)12(19)13(20)11(7-18)23-15/h8-13,15,18-20H,4-7,16H2,1-3H3,(H,17,21)/t8?,9?,10?,11?,12-,13+,15+/m1/s1. The molecule has 0 radical (unpaired) electrons. The van der Waals surface area contributed by atoms with Gasteiger partial charge in [0.05, 0.1) is 24.7 Å². The van der Waals surface area contributed by atoms with Gasteiger partial charge < -0.3 is 35.8 Å². The van der Waals surface area contributed by atoms with E-state index in [0.717, 1.165) is 0 Å². The van der Waals surface area contributed by atoms with E-state index in [9.17, 15) is 20.1 Å². The van der Waals surface area contributed by atoms with Crippen LogP contribution in [-0.2, 0) is 14.3 Å².